The number of hydrogen-bond donors (Lipinski definition) is 1. The molecule has 0 bridgehead atoms. The van der Waals surface area contributed by atoms with E-state index < -0.39 is 17.7 Å². The normalized spacial score (nSPS) is 21.0. The zero-order valence-electron chi connectivity index (χ0n) is 13.1. The highest BCUT2D eigenvalue weighted by molar-refractivity contribution is 5.89. The highest BCUT2D eigenvalue weighted by atomic mass is 19.1. The Bertz CT molecular complexity index is 627. The molecule has 2 heterocycles. The number of hydrogen-bond acceptors (Lipinski definition) is 3. The minimum atomic E-state index is -0.824. The van der Waals surface area contributed by atoms with Crippen LogP contribution in [0.2, 0.25) is 0 Å². The average Bonchev–Trinajstić information content (AvgIpc) is 3.11. The third kappa shape index (κ3) is 3.64. The first-order valence-electron chi connectivity index (χ1n) is 7.96. The molecule has 1 aromatic rings. The maximum absolute atomic E-state index is 13.6. The predicted octanol–water partition coefficient (Wildman–Crippen LogP) is 1.82. The van der Waals surface area contributed by atoms with E-state index in [4.69, 9.17) is 4.74 Å². The number of carbonyl (C=O) groups excluding carboxylic acids is 2. The highest BCUT2D eigenvalue weighted by Gasteiger charge is 2.31. The summed E-state index contributed by atoms with van der Waals surface area (Å²) in [5.41, 5.74) is -0.0701. The lowest BCUT2D eigenvalue weighted by Gasteiger charge is -2.35. The fourth-order valence-corrected chi connectivity index (χ4v) is 2.89. The fourth-order valence-electron chi connectivity index (χ4n) is 2.89. The Hall–Kier alpha value is -2.22. The van der Waals surface area contributed by atoms with Gasteiger partial charge in [-0.2, -0.15) is 0 Å². The Morgan fingerprint density at radius 2 is 1.83 bits per heavy atom. The zero-order chi connectivity index (χ0) is 17.1. The molecule has 6 nitrogen and oxygen atoms in total. The van der Waals surface area contributed by atoms with Gasteiger partial charge in [0.1, 0.15) is 17.7 Å². The molecule has 24 heavy (non-hydrogen) atoms. The molecule has 0 spiro atoms. The Labute approximate surface area is 138 Å². The minimum Gasteiger partial charge on any atom is -0.368 e. The molecule has 0 aliphatic carbocycles. The summed E-state index contributed by atoms with van der Waals surface area (Å²) in [4.78, 5) is 27.6. The van der Waals surface area contributed by atoms with Gasteiger partial charge in [-0.3, -0.25) is 4.79 Å². The summed E-state index contributed by atoms with van der Waals surface area (Å²) in [6, 6.07) is 2.51. The largest absolute Gasteiger partial charge is 0.368 e. The Morgan fingerprint density at radius 1 is 1.12 bits per heavy atom. The van der Waals surface area contributed by atoms with E-state index in [-0.39, 0.29) is 17.7 Å². The summed E-state index contributed by atoms with van der Waals surface area (Å²) >= 11 is 0. The van der Waals surface area contributed by atoms with Crippen LogP contribution >= 0.6 is 0 Å². The number of carbonyl (C=O) groups is 2. The standard InChI is InChI=1S/C16H19F2N3O3/c17-11-3-4-13(12(18)10-11)19-16(23)21-7-5-20(6-8-21)15(22)14-2-1-9-24-14/h3-4,10,14H,1-2,5-9H2,(H,19,23)/t14-/m1/s1. The van der Waals surface area contributed by atoms with Crippen molar-refractivity contribution < 1.29 is 23.1 Å². The number of rotatable bonds is 2. The third-order valence-corrected chi connectivity index (χ3v) is 4.26. The van der Waals surface area contributed by atoms with Crippen molar-refractivity contribution in [3.8, 4) is 0 Å². The molecule has 2 aliphatic heterocycles. The van der Waals surface area contributed by atoms with Crippen LogP contribution in [-0.4, -0.2) is 60.6 Å². The molecule has 1 aromatic carbocycles. The van der Waals surface area contributed by atoms with Crippen molar-refractivity contribution in [2.45, 2.75) is 18.9 Å². The molecule has 0 unspecified atom stereocenters. The zero-order valence-corrected chi connectivity index (χ0v) is 13.1. The van der Waals surface area contributed by atoms with Crippen LogP contribution in [-0.2, 0) is 9.53 Å². The molecular weight excluding hydrogens is 320 g/mol. The SMILES string of the molecule is O=C(Nc1ccc(F)cc1F)N1CCN(C(=O)[C@H]2CCCO2)CC1. The second-order valence-electron chi connectivity index (χ2n) is 5.87. The fraction of sp³-hybridized carbons (Fsp3) is 0.500. The van der Waals surface area contributed by atoms with Crippen molar-refractivity contribution >= 4 is 17.6 Å². The first-order valence-corrected chi connectivity index (χ1v) is 7.96. The Morgan fingerprint density at radius 3 is 2.46 bits per heavy atom. The molecular formula is C16H19F2N3O3. The Balaban J connectivity index is 1.52. The summed E-state index contributed by atoms with van der Waals surface area (Å²) in [5, 5.41) is 2.42. The molecule has 130 valence electrons. The molecule has 2 fully saturated rings. The average molecular weight is 339 g/mol. The van der Waals surface area contributed by atoms with Gasteiger partial charge in [0, 0.05) is 38.9 Å². The third-order valence-electron chi connectivity index (χ3n) is 4.26. The second kappa shape index (κ2) is 7.12. The second-order valence-corrected chi connectivity index (χ2v) is 5.87. The van der Waals surface area contributed by atoms with E-state index in [1.54, 1.807) is 4.90 Å². The summed E-state index contributed by atoms with van der Waals surface area (Å²) in [7, 11) is 0. The molecule has 0 saturated carbocycles. The number of ether oxygens (including phenoxy) is 1. The van der Waals surface area contributed by atoms with Crippen LogP contribution in [0.3, 0.4) is 0 Å². The number of urea groups is 1. The summed E-state index contributed by atoms with van der Waals surface area (Å²) in [5.74, 6) is -1.56. The first-order chi connectivity index (χ1) is 11.5. The van der Waals surface area contributed by atoms with Gasteiger partial charge in [0.2, 0.25) is 0 Å². The molecule has 1 N–H and O–H groups in total. The van der Waals surface area contributed by atoms with Gasteiger partial charge in [0.05, 0.1) is 5.69 Å². The van der Waals surface area contributed by atoms with E-state index in [1.165, 1.54) is 11.0 Å². The van der Waals surface area contributed by atoms with Gasteiger partial charge in [0.15, 0.2) is 0 Å². The van der Waals surface area contributed by atoms with Gasteiger partial charge < -0.3 is 19.9 Å². The quantitative estimate of drug-likeness (QED) is 0.894. The summed E-state index contributed by atoms with van der Waals surface area (Å²) in [6.45, 7) is 2.15. The maximum atomic E-state index is 13.6. The molecule has 3 amide bonds. The lowest BCUT2D eigenvalue weighted by molar-refractivity contribution is -0.142. The molecule has 8 heteroatoms. The minimum absolute atomic E-state index is 0.0304. The number of nitrogens with one attached hydrogen (secondary N) is 1. The number of anilines is 1. The summed E-state index contributed by atoms with van der Waals surface area (Å²) < 4.78 is 31.8. The highest BCUT2D eigenvalue weighted by Crippen LogP contribution is 2.18. The van der Waals surface area contributed by atoms with E-state index in [1.807, 2.05) is 0 Å². The van der Waals surface area contributed by atoms with Crippen LogP contribution in [0.4, 0.5) is 19.3 Å². The van der Waals surface area contributed by atoms with E-state index >= 15 is 0 Å². The van der Waals surface area contributed by atoms with Crippen LogP contribution in [0.1, 0.15) is 12.8 Å². The van der Waals surface area contributed by atoms with Crippen LogP contribution < -0.4 is 5.32 Å². The van der Waals surface area contributed by atoms with Crippen molar-refractivity contribution in [2.75, 3.05) is 38.1 Å². The van der Waals surface area contributed by atoms with Crippen molar-refractivity contribution in [2.24, 2.45) is 0 Å². The van der Waals surface area contributed by atoms with Crippen molar-refractivity contribution in [3.63, 3.8) is 0 Å². The van der Waals surface area contributed by atoms with Gasteiger partial charge >= 0.3 is 6.03 Å². The van der Waals surface area contributed by atoms with E-state index in [0.29, 0.717) is 38.9 Å². The van der Waals surface area contributed by atoms with Crippen LogP contribution in [0.15, 0.2) is 18.2 Å². The van der Waals surface area contributed by atoms with Crippen LogP contribution in [0.5, 0.6) is 0 Å². The molecule has 3 rings (SSSR count). The lowest BCUT2D eigenvalue weighted by Crippen LogP contribution is -2.53. The van der Waals surface area contributed by atoms with Crippen molar-refractivity contribution in [3.05, 3.63) is 29.8 Å². The van der Waals surface area contributed by atoms with Gasteiger partial charge in [-0.05, 0) is 25.0 Å². The Kier molecular flexibility index (Phi) is 4.94. The van der Waals surface area contributed by atoms with Crippen LogP contribution in [0, 0.1) is 11.6 Å². The molecule has 0 aromatic heterocycles. The number of piperazine rings is 1. The van der Waals surface area contributed by atoms with Gasteiger partial charge in [-0.1, -0.05) is 0 Å². The van der Waals surface area contributed by atoms with Gasteiger partial charge in [0.25, 0.3) is 5.91 Å². The van der Waals surface area contributed by atoms with Gasteiger partial charge in [-0.15, -0.1) is 0 Å². The van der Waals surface area contributed by atoms with E-state index in [9.17, 15) is 18.4 Å². The molecule has 2 saturated heterocycles. The van der Waals surface area contributed by atoms with Gasteiger partial charge in [-0.25, -0.2) is 13.6 Å². The van der Waals surface area contributed by atoms with E-state index in [2.05, 4.69) is 5.32 Å². The smallest absolute Gasteiger partial charge is 0.322 e. The topological polar surface area (TPSA) is 61.9 Å². The molecule has 0 radical (unpaired) electrons. The van der Waals surface area contributed by atoms with Crippen LogP contribution in [0.25, 0.3) is 0 Å². The lowest BCUT2D eigenvalue weighted by atomic mass is 10.2. The number of nitrogens with zero attached hydrogens (tertiary/aromatic N) is 2. The first kappa shape index (κ1) is 16.6. The molecule has 1 atom stereocenters. The monoisotopic (exact) mass is 339 g/mol. The number of benzene rings is 1. The number of amides is 3. The summed E-state index contributed by atoms with van der Waals surface area (Å²) in [6.07, 6.45) is 1.27. The van der Waals surface area contributed by atoms with Crippen molar-refractivity contribution in [1.82, 2.24) is 9.80 Å². The van der Waals surface area contributed by atoms with E-state index in [0.717, 1.165) is 18.9 Å². The predicted molar refractivity (Wildman–Crippen MR) is 82.5 cm³/mol. The van der Waals surface area contributed by atoms with Crippen molar-refractivity contribution in [1.29, 1.82) is 0 Å². The maximum Gasteiger partial charge on any atom is 0.322 e. The number of halogens is 2. The molecule has 2 aliphatic rings.